The van der Waals surface area contributed by atoms with Gasteiger partial charge in [-0.1, -0.05) is 34.8 Å². The van der Waals surface area contributed by atoms with E-state index in [-0.39, 0.29) is 5.41 Å². The van der Waals surface area contributed by atoms with Gasteiger partial charge in [0.2, 0.25) is 0 Å². The minimum absolute atomic E-state index is 0.258. The Morgan fingerprint density at radius 1 is 1.33 bits per heavy atom. The van der Waals surface area contributed by atoms with Gasteiger partial charge >= 0.3 is 0 Å². The first-order chi connectivity index (χ1) is 7.18. The molecule has 2 rings (SSSR count). The van der Waals surface area contributed by atoms with Crippen molar-refractivity contribution in [3.8, 4) is 0 Å². The first kappa shape index (κ1) is 11.2. The van der Waals surface area contributed by atoms with Crippen molar-refractivity contribution in [2.24, 2.45) is 5.73 Å². The van der Waals surface area contributed by atoms with E-state index < -0.39 is 0 Å². The van der Waals surface area contributed by atoms with Crippen LogP contribution >= 0.6 is 15.9 Å². The van der Waals surface area contributed by atoms with Crippen LogP contribution in [0.25, 0.3) is 0 Å². The Morgan fingerprint density at radius 2 is 2.00 bits per heavy atom. The second kappa shape index (κ2) is 4.26. The Bertz CT molecular complexity index is 354. The predicted molar refractivity (Wildman–Crippen MR) is 68.1 cm³/mol. The molecule has 1 aromatic rings. The number of hydrogen-bond acceptors (Lipinski definition) is 1. The van der Waals surface area contributed by atoms with Crippen molar-refractivity contribution in [1.82, 2.24) is 0 Å². The fraction of sp³-hybridized carbons (Fsp3) is 0.538. The molecule has 0 atom stereocenters. The topological polar surface area (TPSA) is 26.0 Å². The average Bonchev–Trinajstić information content (AvgIpc) is 2.71. The number of halogens is 1. The van der Waals surface area contributed by atoms with Gasteiger partial charge in [0, 0.05) is 16.4 Å². The number of rotatable bonds is 2. The van der Waals surface area contributed by atoms with Crippen LogP contribution in [-0.4, -0.2) is 6.54 Å². The van der Waals surface area contributed by atoms with Crippen LogP contribution in [0.3, 0.4) is 0 Å². The molecule has 0 heterocycles. The lowest BCUT2D eigenvalue weighted by molar-refractivity contribution is 0.450. The molecule has 1 saturated carbocycles. The van der Waals surface area contributed by atoms with Crippen molar-refractivity contribution in [3.05, 3.63) is 33.8 Å². The van der Waals surface area contributed by atoms with Gasteiger partial charge in [0.15, 0.2) is 0 Å². The highest BCUT2D eigenvalue weighted by atomic mass is 79.9. The predicted octanol–water partition coefficient (Wildman–Crippen LogP) is 3.53. The van der Waals surface area contributed by atoms with Crippen LogP contribution in [0.5, 0.6) is 0 Å². The molecule has 15 heavy (non-hydrogen) atoms. The number of hydrogen-bond donors (Lipinski definition) is 1. The molecule has 0 spiro atoms. The Morgan fingerprint density at radius 3 is 2.60 bits per heavy atom. The molecule has 1 aliphatic rings. The van der Waals surface area contributed by atoms with Crippen molar-refractivity contribution >= 4 is 15.9 Å². The van der Waals surface area contributed by atoms with Crippen LogP contribution in [0.2, 0.25) is 0 Å². The summed E-state index contributed by atoms with van der Waals surface area (Å²) in [6, 6.07) is 6.56. The van der Waals surface area contributed by atoms with E-state index in [1.54, 1.807) is 0 Å². The third-order valence-corrected chi connectivity index (χ3v) is 4.22. The third kappa shape index (κ3) is 1.98. The summed E-state index contributed by atoms with van der Waals surface area (Å²) in [6.45, 7) is 2.97. The van der Waals surface area contributed by atoms with Crippen LogP contribution < -0.4 is 5.73 Å². The maximum absolute atomic E-state index is 6.00. The molecule has 82 valence electrons. The van der Waals surface area contributed by atoms with E-state index in [1.165, 1.54) is 41.3 Å². The second-order valence-electron chi connectivity index (χ2n) is 4.65. The lowest BCUT2D eigenvalue weighted by Gasteiger charge is -2.29. The molecular formula is C13H18BrN. The Labute approximate surface area is 100 Å². The molecule has 2 N–H and O–H groups in total. The molecule has 1 fully saturated rings. The largest absolute Gasteiger partial charge is 0.330 e. The maximum Gasteiger partial charge on any atom is 0.0178 e. The number of benzene rings is 1. The lowest BCUT2D eigenvalue weighted by atomic mass is 9.77. The van der Waals surface area contributed by atoms with Crippen LogP contribution in [-0.2, 0) is 5.41 Å². The smallest absolute Gasteiger partial charge is 0.0178 e. The highest BCUT2D eigenvalue weighted by Crippen LogP contribution is 2.42. The quantitative estimate of drug-likeness (QED) is 0.872. The van der Waals surface area contributed by atoms with Gasteiger partial charge in [0.25, 0.3) is 0 Å². The van der Waals surface area contributed by atoms with Gasteiger partial charge in [-0.2, -0.15) is 0 Å². The van der Waals surface area contributed by atoms with Gasteiger partial charge in [0.05, 0.1) is 0 Å². The van der Waals surface area contributed by atoms with E-state index in [9.17, 15) is 0 Å². The van der Waals surface area contributed by atoms with Gasteiger partial charge in [0.1, 0.15) is 0 Å². The Balaban J connectivity index is 2.46. The molecule has 1 aliphatic carbocycles. The molecule has 2 heteroatoms. The number of aryl methyl sites for hydroxylation is 1. The van der Waals surface area contributed by atoms with Gasteiger partial charge in [-0.25, -0.2) is 0 Å². The molecule has 0 amide bonds. The van der Waals surface area contributed by atoms with Crippen molar-refractivity contribution in [3.63, 3.8) is 0 Å². The zero-order valence-electron chi connectivity index (χ0n) is 9.22. The molecule has 0 unspecified atom stereocenters. The average molecular weight is 268 g/mol. The first-order valence-electron chi connectivity index (χ1n) is 5.65. The van der Waals surface area contributed by atoms with Gasteiger partial charge < -0.3 is 5.73 Å². The molecule has 0 radical (unpaired) electrons. The fourth-order valence-corrected chi connectivity index (χ4v) is 3.16. The van der Waals surface area contributed by atoms with E-state index in [2.05, 4.69) is 41.1 Å². The van der Waals surface area contributed by atoms with Crippen molar-refractivity contribution < 1.29 is 0 Å². The van der Waals surface area contributed by atoms with Gasteiger partial charge in [-0.15, -0.1) is 0 Å². The summed E-state index contributed by atoms with van der Waals surface area (Å²) in [5.41, 5.74) is 9.10. The summed E-state index contributed by atoms with van der Waals surface area (Å²) in [4.78, 5) is 0. The monoisotopic (exact) mass is 267 g/mol. The van der Waals surface area contributed by atoms with E-state index >= 15 is 0 Å². The molecule has 0 saturated heterocycles. The zero-order valence-corrected chi connectivity index (χ0v) is 10.8. The van der Waals surface area contributed by atoms with Crippen LogP contribution in [0.15, 0.2) is 22.7 Å². The first-order valence-corrected chi connectivity index (χ1v) is 6.44. The van der Waals surface area contributed by atoms with Crippen LogP contribution in [0.4, 0.5) is 0 Å². The third-order valence-electron chi connectivity index (χ3n) is 3.72. The van der Waals surface area contributed by atoms with E-state index in [1.807, 2.05) is 0 Å². The molecular weight excluding hydrogens is 250 g/mol. The van der Waals surface area contributed by atoms with Crippen molar-refractivity contribution in [2.45, 2.75) is 38.0 Å². The zero-order chi connectivity index (χ0) is 10.9. The molecule has 0 bridgehead atoms. The van der Waals surface area contributed by atoms with Crippen molar-refractivity contribution in [2.75, 3.05) is 6.54 Å². The Kier molecular flexibility index (Phi) is 3.17. The van der Waals surface area contributed by atoms with Gasteiger partial charge in [-0.3, -0.25) is 0 Å². The fourth-order valence-electron chi connectivity index (χ4n) is 2.80. The summed E-state index contributed by atoms with van der Waals surface area (Å²) in [5.74, 6) is 0. The van der Waals surface area contributed by atoms with E-state index in [0.717, 1.165) is 6.54 Å². The molecule has 1 nitrogen and oxygen atoms in total. The molecule has 1 aromatic carbocycles. The van der Waals surface area contributed by atoms with Crippen LogP contribution in [0, 0.1) is 6.92 Å². The summed E-state index contributed by atoms with van der Waals surface area (Å²) >= 11 is 3.56. The standard InChI is InChI=1S/C13H18BrN/c1-10-4-5-11(14)8-12(10)13(9-15)6-2-3-7-13/h4-5,8H,2-3,6-7,9,15H2,1H3. The maximum atomic E-state index is 6.00. The van der Waals surface area contributed by atoms with Crippen molar-refractivity contribution in [1.29, 1.82) is 0 Å². The molecule has 0 aliphatic heterocycles. The highest BCUT2D eigenvalue weighted by molar-refractivity contribution is 9.10. The second-order valence-corrected chi connectivity index (χ2v) is 5.57. The summed E-state index contributed by atoms with van der Waals surface area (Å²) in [6.07, 6.45) is 5.15. The molecule has 0 aromatic heterocycles. The van der Waals surface area contributed by atoms with Crippen LogP contribution in [0.1, 0.15) is 36.8 Å². The van der Waals surface area contributed by atoms with E-state index in [4.69, 9.17) is 5.73 Å². The highest BCUT2D eigenvalue weighted by Gasteiger charge is 2.35. The summed E-state index contributed by atoms with van der Waals surface area (Å²) in [7, 11) is 0. The minimum atomic E-state index is 0.258. The normalized spacial score (nSPS) is 19.4. The number of nitrogens with two attached hydrogens (primary N) is 1. The SMILES string of the molecule is Cc1ccc(Br)cc1C1(CN)CCCC1. The minimum Gasteiger partial charge on any atom is -0.330 e. The Hall–Kier alpha value is -0.340. The van der Waals surface area contributed by atoms with Gasteiger partial charge in [-0.05, 0) is 43.0 Å². The summed E-state index contributed by atoms with van der Waals surface area (Å²) in [5, 5.41) is 0. The van der Waals surface area contributed by atoms with E-state index in [0.29, 0.717) is 0 Å². The summed E-state index contributed by atoms with van der Waals surface area (Å²) < 4.78 is 1.17. The lowest BCUT2D eigenvalue weighted by Crippen LogP contribution is -2.32.